The molecule has 130 valence electrons. The molecule has 1 saturated heterocycles. The van der Waals surface area contributed by atoms with E-state index in [2.05, 4.69) is 18.9 Å². The molecule has 1 N–H and O–H groups in total. The van der Waals surface area contributed by atoms with Crippen LogP contribution in [0.25, 0.3) is 0 Å². The zero-order valence-electron chi connectivity index (χ0n) is 14.9. The van der Waals surface area contributed by atoms with Crippen molar-refractivity contribution >= 4 is 6.09 Å². The van der Waals surface area contributed by atoms with Gasteiger partial charge in [-0.2, -0.15) is 5.10 Å². The summed E-state index contributed by atoms with van der Waals surface area (Å²) in [5, 5.41) is 15.1. The van der Waals surface area contributed by atoms with E-state index >= 15 is 0 Å². The Morgan fingerprint density at radius 2 is 2.00 bits per heavy atom. The second kappa shape index (κ2) is 6.51. The van der Waals surface area contributed by atoms with Gasteiger partial charge in [-0.25, -0.2) is 4.79 Å². The third kappa shape index (κ3) is 4.47. The van der Waals surface area contributed by atoms with Crippen LogP contribution in [0, 0.1) is 0 Å². The Bertz CT molecular complexity index is 538. The highest BCUT2D eigenvalue weighted by Gasteiger charge is 2.45. The van der Waals surface area contributed by atoms with Crippen molar-refractivity contribution in [3.05, 3.63) is 18.0 Å². The lowest BCUT2D eigenvalue weighted by Gasteiger charge is -2.46. The van der Waals surface area contributed by atoms with Crippen molar-refractivity contribution in [3.8, 4) is 0 Å². The van der Waals surface area contributed by atoms with Gasteiger partial charge in [0.25, 0.3) is 0 Å². The van der Waals surface area contributed by atoms with E-state index < -0.39 is 11.2 Å². The van der Waals surface area contributed by atoms with E-state index in [1.165, 1.54) is 4.90 Å². The Hall–Kier alpha value is -1.56. The molecule has 6 nitrogen and oxygen atoms in total. The minimum absolute atomic E-state index is 0.291. The molecular weight excluding hydrogens is 294 g/mol. The van der Waals surface area contributed by atoms with Crippen molar-refractivity contribution in [1.29, 1.82) is 0 Å². The number of hydrogen-bond donors (Lipinski definition) is 1. The minimum Gasteiger partial charge on any atom is -0.444 e. The van der Waals surface area contributed by atoms with E-state index in [9.17, 15) is 9.90 Å². The van der Waals surface area contributed by atoms with Crippen molar-refractivity contribution in [1.82, 2.24) is 14.7 Å². The first-order chi connectivity index (χ1) is 10.7. The Morgan fingerprint density at radius 1 is 1.39 bits per heavy atom. The molecule has 0 aliphatic carbocycles. The Balaban J connectivity index is 1.89. The Labute approximate surface area is 138 Å². The molecule has 2 heterocycles. The quantitative estimate of drug-likeness (QED) is 0.905. The number of nitrogens with zero attached hydrogens (tertiary/aromatic N) is 3. The maximum atomic E-state index is 11.9. The number of amides is 1. The van der Waals surface area contributed by atoms with Crippen LogP contribution < -0.4 is 0 Å². The van der Waals surface area contributed by atoms with Crippen molar-refractivity contribution in [2.24, 2.45) is 0 Å². The minimum atomic E-state index is -0.899. The highest BCUT2D eigenvalue weighted by Crippen LogP contribution is 2.27. The molecule has 0 saturated carbocycles. The number of β-amino-alcohol motifs (C(OH)–C–C–N with tert-alkyl or cyclic N) is 1. The van der Waals surface area contributed by atoms with E-state index in [0.717, 1.165) is 18.5 Å². The highest BCUT2D eigenvalue weighted by molar-refractivity contribution is 5.69. The molecule has 0 atom stereocenters. The third-order valence-corrected chi connectivity index (χ3v) is 4.11. The van der Waals surface area contributed by atoms with Gasteiger partial charge in [0.2, 0.25) is 0 Å². The topological polar surface area (TPSA) is 67.6 Å². The molecule has 1 aliphatic rings. The van der Waals surface area contributed by atoms with E-state index in [0.29, 0.717) is 25.6 Å². The molecule has 2 rings (SSSR count). The fourth-order valence-electron chi connectivity index (χ4n) is 2.91. The van der Waals surface area contributed by atoms with Crippen LogP contribution in [0.3, 0.4) is 0 Å². The van der Waals surface area contributed by atoms with Gasteiger partial charge < -0.3 is 14.7 Å². The number of aliphatic hydroxyl groups is 1. The second-order valence-electron chi connectivity index (χ2n) is 7.49. The summed E-state index contributed by atoms with van der Waals surface area (Å²) in [5.41, 5.74) is -0.550. The van der Waals surface area contributed by atoms with Crippen molar-refractivity contribution in [2.45, 2.75) is 71.1 Å². The number of rotatable bonds is 5. The average molecular weight is 323 g/mol. The van der Waals surface area contributed by atoms with Crippen LogP contribution in [0.2, 0.25) is 0 Å². The van der Waals surface area contributed by atoms with Crippen LogP contribution in [0.4, 0.5) is 4.79 Å². The van der Waals surface area contributed by atoms with Crippen molar-refractivity contribution < 1.29 is 14.6 Å². The van der Waals surface area contributed by atoms with Gasteiger partial charge in [0, 0.05) is 12.6 Å². The summed E-state index contributed by atoms with van der Waals surface area (Å²) in [7, 11) is 0. The van der Waals surface area contributed by atoms with Crippen LogP contribution >= 0.6 is 0 Å². The molecule has 1 aromatic heterocycles. The number of hydrogen-bond acceptors (Lipinski definition) is 4. The van der Waals surface area contributed by atoms with Crippen LogP contribution in [0.15, 0.2) is 12.3 Å². The van der Waals surface area contributed by atoms with Crippen molar-refractivity contribution in [2.75, 3.05) is 13.1 Å². The highest BCUT2D eigenvalue weighted by atomic mass is 16.6. The predicted octanol–water partition coefficient (Wildman–Crippen LogP) is 2.77. The number of carbonyl (C=O) groups is 1. The first kappa shape index (κ1) is 17.8. The lowest BCUT2D eigenvalue weighted by atomic mass is 9.89. The smallest absolute Gasteiger partial charge is 0.410 e. The van der Waals surface area contributed by atoms with Crippen molar-refractivity contribution in [3.63, 3.8) is 0 Å². The van der Waals surface area contributed by atoms with Gasteiger partial charge in [-0.1, -0.05) is 13.8 Å². The molecule has 0 spiro atoms. The molecule has 0 aromatic carbocycles. The lowest BCUT2D eigenvalue weighted by molar-refractivity contribution is -0.0978. The zero-order valence-corrected chi connectivity index (χ0v) is 14.9. The largest absolute Gasteiger partial charge is 0.444 e. The molecule has 1 aliphatic heterocycles. The molecule has 0 bridgehead atoms. The summed E-state index contributed by atoms with van der Waals surface area (Å²) in [6.07, 6.45) is 4.13. The summed E-state index contributed by atoms with van der Waals surface area (Å²) >= 11 is 0. The summed E-state index contributed by atoms with van der Waals surface area (Å²) in [5.74, 6) is 0. The van der Waals surface area contributed by atoms with Crippen LogP contribution in [-0.2, 0) is 11.2 Å². The maximum Gasteiger partial charge on any atom is 0.410 e. The Kier molecular flexibility index (Phi) is 5.04. The predicted molar refractivity (Wildman–Crippen MR) is 88.3 cm³/mol. The summed E-state index contributed by atoms with van der Waals surface area (Å²) in [6.45, 7) is 10.4. The first-order valence-corrected chi connectivity index (χ1v) is 8.40. The summed E-state index contributed by atoms with van der Waals surface area (Å²) in [4.78, 5) is 13.5. The molecule has 0 radical (unpaired) electrons. The normalized spacial score (nSPS) is 17.3. The monoisotopic (exact) mass is 323 g/mol. The van der Waals surface area contributed by atoms with Crippen LogP contribution in [0.1, 0.15) is 59.2 Å². The first-order valence-electron chi connectivity index (χ1n) is 8.40. The molecule has 1 fully saturated rings. The van der Waals surface area contributed by atoms with Crippen LogP contribution in [0.5, 0.6) is 0 Å². The molecule has 23 heavy (non-hydrogen) atoms. The second-order valence-corrected chi connectivity index (χ2v) is 7.49. The summed E-state index contributed by atoms with van der Waals surface area (Å²) < 4.78 is 7.28. The SMILES string of the molecule is CCC(CC)n1ccc(CC2(O)CN(C(=O)OC(C)(C)C)C2)n1. The van der Waals surface area contributed by atoms with Gasteiger partial charge >= 0.3 is 6.09 Å². The van der Waals surface area contributed by atoms with Gasteiger partial charge in [0.05, 0.1) is 24.8 Å². The van der Waals surface area contributed by atoms with Gasteiger partial charge in [-0.05, 0) is 39.7 Å². The standard InChI is InChI=1S/C17H29N3O3/c1-6-14(7-2)20-9-8-13(18-20)10-17(22)11-19(12-17)15(21)23-16(3,4)5/h8-9,14,22H,6-7,10-12H2,1-5H3. The number of likely N-dealkylation sites (tertiary alicyclic amines) is 1. The lowest BCUT2D eigenvalue weighted by Crippen LogP contribution is -2.65. The number of ether oxygens (including phenoxy) is 1. The fraction of sp³-hybridized carbons (Fsp3) is 0.765. The fourth-order valence-corrected chi connectivity index (χ4v) is 2.91. The van der Waals surface area contributed by atoms with Gasteiger partial charge in [-0.3, -0.25) is 4.68 Å². The third-order valence-electron chi connectivity index (χ3n) is 4.11. The van der Waals surface area contributed by atoms with E-state index in [-0.39, 0.29) is 6.09 Å². The number of aromatic nitrogens is 2. The molecule has 1 aromatic rings. The average Bonchev–Trinajstić information content (AvgIpc) is 2.83. The van der Waals surface area contributed by atoms with E-state index in [1.807, 2.05) is 37.7 Å². The van der Waals surface area contributed by atoms with Gasteiger partial charge in [0.1, 0.15) is 11.2 Å². The number of carbonyl (C=O) groups excluding carboxylic acids is 1. The van der Waals surface area contributed by atoms with Gasteiger partial charge in [0.15, 0.2) is 0 Å². The maximum absolute atomic E-state index is 11.9. The zero-order chi connectivity index (χ0) is 17.3. The molecule has 1 amide bonds. The Morgan fingerprint density at radius 3 is 2.52 bits per heavy atom. The molecule has 6 heteroatoms. The van der Waals surface area contributed by atoms with Crippen LogP contribution in [-0.4, -0.2) is 50.2 Å². The van der Waals surface area contributed by atoms with E-state index in [4.69, 9.17) is 4.74 Å². The van der Waals surface area contributed by atoms with Gasteiger partial charge in [-0.15, -0.1) is 0 Å². The molecule has 0 unspecified atom stereocenters. The van der Waals surface area contributed by atoms with E-state index in [1.54, 1.807) is 0 Å². The summed E-state index contributed by atoms with van der Waals surface area (Å²) in [6, 6.07) is 2.35. The molecular formula is C17H29N3O3.